The Bertz CT molecular complexity index is 1830. The van der Waals surface area contributed by atoms with Crippen molar-refractivity contribution in [1.29, 1.82) is 0 Å². The number of hydrogen-bond donors (Lipinski definition) is 1. The van der Waals surface area contributed by atoms with Crippen molar-refractivity contribution < 1.29 is 37.1 Å². The first-order chi connectivity index (χ1) is 24.2. The van der Waals surface area contributed by atoms with Gasteiger partial charge in [0.15, 0.2) is 5.78 Å². The van der Waals surface area contributed by atoms with E-state index in [1.165, 1.54) is 10.5 Å². The fraction of sp³-hybridized carbons (Fsp3) is 0.615. The minimum absolute atomic E-state index is 0.0788. The predicted octanol–water partition coefficient (Wildman–Crippen LogP) is 5.23. The number of carbonyl (C=O) groups excluding carboxylic acids is 4. The molecule has 0 radical (unpaired) electrons. The van der Waals surface area contributed by atoms with Gasteiger partial charge in [-0.25, -0.2) is 13.4 Å². The molecule has 3 heterocycles. The summed E-state index contributed by atoms with van der Waals surface area (Å²) in [7, 11) is -3.83. The molecule has 276 valence electrons. The highest BCUT2D eigenvalue weighted by atomic mass is 32.2. The highest BCUT2D eigenvalue weighted by molar-refractivity contribution is 7.90. The van der Waals surface area contributed by atoms with Gasteiger partial charge in [0.2, 0.25) is 27.7 Å². The lowest BCUT2D eigenvalue weighted by Gasteiger charge is -2.34. The second-order valence-electron chi connectivity index (χ2n) is 16.0. The lowest BCUT2D eigenvalue weighted by Crippen LogP contribution is -2.48. The number of hydrogen-bond acceptors (Lipinski definition) is 9. The molecule has 0 spiro atoms. The molecule has 6 rings (SSSR count). The van der Waals surface area contributed by atoms with Crippen LogP contribution in [-0.2, 0) is 46.8 Å². The van der Waals surface area contributed by atoms with E-state index in [2.05, 4.69) is 35.3 Å². The number of ketones is 1. The number of aryl methyl sites for hydroxylation is 2. The zero-order valence-electron chi connectivity index (χ0n) is 30.2. The first kappa shape index (κ1) is 37.0. The summed E-state index contributed by atoms with van der Waals surface area (Å²) in [6.45, 7) is 11.9. The van der Waals surface area contributed by atoms with Gasteiger partial charge in [-0.2, -0.15) is 0 Å². The van der Waals surface area contributed by atoms with Crippen LogP contribution in [0.5, 0.6) is 5.88 Å². The number of amides is 2. The quantitative estimate of drug-likeness (QED) is 0.286. The van der Waals surface area contributed by atoms with Crippen LogP contribution < -0.4 is 9.46 Å². The number of rotatable bonds is 8. The number of aromatic nitrogens is 1. The highest BCUT2D eigenvalue weighted by Gasteiger charge is 2.61. The molecule has 2 aliphatic heterocycles. The number of benzene rings is 1. The van der Waals surface area contributed by atoms with Crippen molar-refractivity contribution in [3.05, 3.63) is 48.2 Å². The van der Waals surface area contributed by atoms with Crippen LogP contribution in [0.3, 0.4) is 0 Å². The Morgan fingerprint density at radius 1 is 1.14 bits per heavy atom. The van der Waals surface area contributed by atoms with Gasteiger partial charge in [-0.1, -0.05) is 39.8 Å². The molecule has 12 heteroatoms. The van der Waals surface area contributed by atoms with E-state index in [0.29, 0.717) is 25.1 Å². The van der Waals surface area contributed by atoms with E-state index in [0.717, 1.165) is 42.0 Å². The molecule has 1 N–H and O–H groups in total. The Morgan fingerprint density at radius 3 is 2.57 bits per heavy atom. The molecule has 1 aromatic carbocycles. The average molecular weight is 722 g/mol. The summed E-state index contributed by atoms with van der Waals surface area (Å²) in [4.78, 5) is 61.7. The van der Waals surface area contributed by atoms with Crippen molar-refractivity contribution in [2.24, 2.45) is 22.7 Å². The zero-order valence-corrected chi connectivity index (χ0v) is 31.1. The van der Waals surface area contributed by atoms with Crippen LogP contribution in [0.25, 0.3) is 10.8 Å². The number of allylic oxidation sites excluding steroid dienone is 1. The van der Waals surface area contributed by atoms with Crippen LogP contribution >= 0.6 is 0 Å². The van der Waals surface area contributed by atoms with E-state index in [4.69, 9.17) is 9.47 Å². The molecular weight excluding hydrogens is 671 g/mol. The van der Waals surface area contributed by atoms with Crippen LogP contribution in [-0.4, -0.2) is 72.4 Å². The molecule has 2 aromatic rings. The van der Waals surface area contributed by atoms with Gasteiger partial charge in [0, 0.05) is 24.4 Å². The van der Waals surface area contributed by atoms with Gasteiger partial charge in [0.05, 0.1) is 42.2 Å². The monoisotopic (exact) mass is 721 g/mol. The molecule has 11 nitrogen and oxygen atoms in total. The maximum absolute atomic E-state index is 14.5. The SMILES string of the molecule is C=C[C@H]1C[C@]1(CC(=O)[C@@H]1C[C@@H]2CN1C(=O)[C@H](C(C)(C)C)CC(=O)OCCCCCc1cc(CC)c3ccnc(c3c1)O2)C(=O)NS(=O)(=O)C1CC1. The minimum Gasteiger partial charge on any atom is -0.472 e. The smallest absolute Gasteiger partial charge is 0.306 e. The number of fused-ring (bicyclic) bond motifs is 3. The first-order valence-corrected chi connectivity index (χ1v) is 20.0. The molecule has 3 fully saturated rings. The molecule has 2 aliphatic carbocycles. The van der Waals surface area contributed by atoms with Crippen LogP contribution in [0.15, 0.2) is 37.1 Å². The summed E-state index contributed by atoms with van der Waals surface area (Å²) < 4.78 is 39.9. The van der Waals surface area contributed by atoms with Gasteiger partial charge in [0.1, 0.15) is 6.10 Å². The number of ether oxygens (including phenoxy) is 2. The summed E-state index contributed by atoms with van der Waals surface area (Å²) in [6.07, 6.45) is 7.91. The number of cyclic esters (lactones) is 1. The maximum atomic E-state index is 14.5. The molecule has 4 bridgehead atoms. The number of carbonyl (C=O) groups is 4. The minimum atomic E-state index is -3.83. The standard InChI is InChI=1S/C39H51N3O8S/c1-6-25-17-24-11-9-8-10-16-49-34(44)20-31(38(3,4)5)36(45)42-23-27(50-35-30(18-24)29(25)14-15-40-35)19-32(42)33(43)22-39(21-26(39)7-2)37(46)41-51(47,48)28-12-13-28/h7,14-15,17-18,26-28,31-32H,2,6,8-13,16,19-23H2,1,3-5H3,(H,41,46)/t26-,27+,31+,32-,39+/m0/s1. The van der Waals surface area contributed by atoms with Gasteiger partial charge in [0.25, 0.3) is 0 Å². The van der Waals surface area contributed by atoms with E-state index in [9.17, 15) is 27.6 Å². The van der Waals surface area contributed by atoms with E-state index in [-0.39, 0.29) is 56.4 Å². The van der Waals surface area contributed by atoms with Crippen LogP contribution in [0.4, 0.5) is 0 Å². The fourth-order valence-electron chi connectivity index (χ4n) is 7.81. The van der Waals surface area contributed by atoms with Crippen molar-refractivity contribution in [1.82, 2.24) is 14.6 Å². The molecule has 2 saturated carbocycles. The summed E-state index contributed by atoms with van der Waals surface area (Å²) >= 11 is 0. The van der Waals surface area contributed by atoms with Gasteiger partial charge >= 0.3 is 5.97 Å². The highest BCUT2D eigenvalue weighted by Crippen LogP contribution is 2.57. The van der Waals surface area contributed by atoms with Gasteiger partial charge in [-0.3, -0.25) is 23.9 Å². The lowest BCUT2D eigenvalue weighted by molar-refractivity contribution is -0.153. The van der Waals surface area contributed by atoms with Crippen molar-refractivity contribution in [2.45, 2.75) is 116 Å². The number of pyridine rings is 1. The van der Waals surface area contributed by atoms with Crippen LogP contribution in [0, 0.1) is 22.7 Å². The second-order valence-corrected chi connectivity index (χ2v) is 17.9. The Morgan fingerprint density at radius 2 is 1.90 bits per heavy atom. The van der Waals surface area contributed by atoms with E-state index in [1.807, 2.05) is 26.8 Å². The second kappa shape index (κ2) is 14.3. The van der Waals surface area contributed by atoms with Crippen LogP contribution in [0.1, 0.15) is 96.6 Å². The fourth-order valence-corrected chi connectivity index (χ4v) is 9.20. The van der Waals surface area contributed by atoms with E-state index < -0.39 is 56.0 Å². The molecule has 1 aromatic heterocycles. The van der Waals surface area contributed by atoms with Crippen molar-refractivity contribution in [2.75, 3.05) is 13.2 Å². The van der Waals surface area contributed by atoms with Gasteiger partial charge < -0.3 is 14.4 Å². The summed E-state index contributed by atoms with van der Waals surface area (Å²) in [5.74, 6) is -2.62. The summed E-state index contributed by atoms with van der Waals surface area (Å²) in [6, 6.07) is 5.35. The van der Waals surface area contributed by atoms with Gasteiger partial charge in [-0.15, -0.1) is 6.58 Å². The molecule has 2 amide bonds. The Kier molecular flexibility index (Phi) is 10.4. The van der Waals surface area contributed by atoms with Crippen molar-refractivity contribution >= 4 is 44.4 Å². The van der Waals surface area contributed by atoms with Crippen molar-refractivity contribution in [3.8, 4) is 5.88 Å². The number of nitrogens with zero attached hydrogens (tertiary/aromatic N) is 2. The summed E-state index contributed by atoms with van der Waals surface area (Å²) in [5.41, 5.74) is 0.429. The molecule has 1 saturated heterocycles. The molecular formula is C39H51N3O8S. The third-order valence-electron chi connectivity index (χ3n) is 11.2. The third-order valence-corrected chi connectivity index (χ3v) is 13.0. The van der Waals surface area contributed by atoms with E-state index >= 15 is 0 Å². The molecule has 0 unspecified atom stereocenters. The van der Waals surface area contributed by atoms with E-state index in [1.54, 1.807) is 12.3 Å². The first-order valence-electron chi connectivity index (χ1n) is 18.4. The summed E-state index contributed by atoms with van der Waals surface area (Å²) in [5, 5.41) is 1.32. The largest absolute Gasteiger partial charge is 0.472 e. The maximum Gasteiger partial charge on any atom is 0.306 e. The molecule has 4 aliphatic rings. The number of Topliss-reactive ketones (excluding diaryl/α,β-unsaturated/α-hetero) is 1. The van der Waals surface area contributed by atoms with Crippen LogP contribution in [0.2, 0.25) is 0 Å². The third kappa shape index (κ3) is 7.85. The Hall–Kier alpha value is -3.80. The molecule has 51 heavy (non-hydrogen) atoms. The Labute approximate surface area is 301 Å². The lowest BCUT2D eigenvalue weighted by atomic mass is 9.77. The predicted molar refractivity (Wildman–Crippen MR) is 192 cm³/mol. The molecule has 5 atom stereocenters. The number of nitrogens with one attached hydrogen (secondary N) is 1. The number of esters is 1. The topological polar surface area (TPSA) is 149 Å². The van der Waals surface area contributed by atoms with Crippen molar-refractivity contribution in [3.63, 3.8) is 0 Å². The normalized spacial score (nSPS) is 27.6. The number of sulfonamides is 1. The van der Waals surface area contributed by atoms with Gasteiger partial charge in [-0.05, 0) is 91.3 Å². The Balaban J connectivity index is 1.35. The zero-order chi connectivity index (χ0) is 36.7. The average Bonchev–Trinajstić information content (AvgIpc) is 4.00.